The third-order valence-corrected chi connectivity index (χ3v) is 3.09. The fourth-order valence-electron chi connectivity index (χ4n) is 2.13. The van der Waals surface area contributed by atoms with Crippen molar-refractivity contribution in [2.24, 2.45) is 0 Å². The fourth-order valence-corrected chi connectivity index (χ4v) is 2.13. The molecule has 1 aliphatic rings. The van der Waals surface area contributed by atoms with Crippen molar-refractivity contribution in [2.75, 3.05) is 39.5 Å². The molecule has 0 N–H and O–H groups in total. The van der Waals surface area contributed by atoms with E-state index in [-0.39, 0.29) is 5.91 Å². The summed E-state index contributed by atoms with van der Waals surface area (Å²) in [5.74, 6) is 1.30. The molecule has 1 heterocycles. The molecule has 110 valence electrons. The number of rotatable bonds is 5. The number of hydrogen-bond donors (Lipinski definition) is 0. The molecule has 0 spiro atoms. The summed E-state index contributed by atoms with van der Waals surface area (Å²) in [5, 5.41) is 0. The summed E-state index contributed by atoms with van der Waals surface area (Å²) < 4.78 is 16.3. The minimum absolute atomic E-state index is 0.0114. The summed E-state index contributed by atoms with van der Waals surface area (Å²) in [7, 11) is 0. The molecule has 0 bridgehead atoms. The van der Waals surface area contributed by atoms with Crippen molar-refractivity contribution >= 4 is 5.91 Å². The van der Waals surface area contributed by atoms with E-state index in [1.54, 1.807) is 23.1 Å². The van der Waals surface area contributed by atoms with Crippen molar-refractivity contribution in [1.82, 2.24) is 4.90 Å². The predicted molar refractivity (Wildman–Crippen MR) is 75.5 cm³/mol. The van der Waals surface area contributed by atoms with Crippen LogP contribution in [-0.4, -0.2) is 50.3 Å². The molecule has 5 nitrogen and oxygen atoms in total. The second-order valence-corrected chi connectivity index (χ2v) is 4.43. The Morgan fingerprint density at radius 2 is 1.80 bits per heavy atom. The summed E-state index contributed by atoms with van der Waals surface area (Å²) in [5.41, 5.74) is 0.624. The Hall–Kier alpha value is -1.75. The van der Waals surface area contributed by atoms with Crippen LogP contribution in [0.3, 0.4) is 0 Å². The molecular weight excluding hydrogens is 258 g/mol. The summed E-state index contributed by atoms with van der Waals surface area (Å²) in [6.07, 6.45) is 0. The number of hydrogen-bond acceptors (Lipinski definition) is 4. The first kappa shape index (κ1) is 14.7. The van der Waals surface area contributed by atoms with Crippen molar-refractivity contribution in [3.05, 3.63) is 23.8 Å². The first-order valence-electron chi connectivity index (χ1n) is 7.03. The van der Waals surface area contributed by atoms with Crippen LogP contribution in [0.2, 0.25) is 0 Å². The summed E-state index contributed by atoms with van der Waals surface area (Å²) >= 11 is 0. The molecule has 0 aliphatic carbocycles. The highest BCUT2D eigenvalue weighted by atomic mass is 16.5. The molecule has 1 fully saturated rings. The molecule has 5 heteroatoms. The van der Waals surface area contributed by atoms with Crippen LogP contribution in [0.1, 0.15) is 24.2 Å². The molecule has 0 radical (unpaired) electrons. The van der Waals surface area contributed by atoms with E-state index in [9.17, 15) is 4.79 Å². The Morgan fingerprint density at radius 1 is 1.15 bits per heavy atom. The predicted octanol–water partition coefficient (Wildman–Crippen LogP) is 1.96. The number of amides is 1. The molecule has 0 atom stereocenters. The molecule has 1 aromatic carbocycles. The Labute approximate surface area is 119 Å². The van der Waals surface area contributed by atoms with Gasteiger partial charge in [-0.2, -0.15) is 0 Å². The van der Waals surface area contributed by atoms with Gasteiger partial charge in [-0.05, 0) is 32.0 Å². The van der Waals surface area contributed by atoms with Crippen molar-refractivity contribution in [1.29, 1.82) is 0 Å². The maximum atomic E-state index is 12.4. The molecule has 20 heavy (non-hydrogen) atoms. The molecule has 1 aromatic rings. The first-order valence-corrected chi connectivity index (χ1v) is 7.03. The van der Waals surface area contributed by atoms with E-state index in [2.05, 4.69) is 0 Å². The first-order chi connectivity index (χ1) is 9.76. The van der Waals surface area contributed by atoms with Crippen LogP contribution in [0, 0.1) is 0 Å². The highest BCUT2D eigenvalue weighted by Gasteiger charge is 2.20. The maximum Gasteiger partial charge on any atom is 0.254 e. The van der Waals surface area contributed by atoms with Gasteiger partial charge in [0.1, 0.15) is 0 Å². The second-order valence-electron chi connectivity index (χ2n) is 4.43. The number of carbonyl (C=O) groups excluding carboxylic acids is 1. The Morgan fingerprint density at radius 3 is 2.45 bits per heavy atom. The Kier molecular flexibility index (Phi) is 5.24. The van der Waals surface area contributed by atoms with E-state index in [1.165, 1.54) is 0 Å². The average molecular weight is 279 g/mol. The van der Waals surface area contributed by atoms with Gasteiger partial charge in [-0.15, -0.1) is 0 Å². The summed E-state index contributed by atoms with van der Waals surface area (Å²) in [6, 6.07) is 5.33. The third kappa shape index (κ3) is 3.42. The van der Waals surface area contributed by atoms with Crippen molar-refractivity contribution < 1.29 is 19.0 Å². The van der Waals surface area contributed by atoms with E-state index in [1.807, 2.05) is 13.8 Å². The van der Waals surface area contributed by atoms with Crippen molar-refractivity contribution in [3.8, 4) is 11.5 Å². The van der Waals surface area contributed by atoms with E-state index >= 15 is 0 Å². The number of carbonyl (C=O) groups is 1. The maximum absolute atomic E-state index is 12.4. The lowest BCUT2D eigenvalue weighted by Gasteiger charge is -2.27. The van der Waals surface area contributed by atoms with Gasteiger partial charge in [0.25, 0.3) is 5.91 Å². The van der Waals surface area contributed by atoms with Crippen LogP contribution in [-0.2, 0) is 4.74 Å². The van der Waals surface area contributed by atoms with Gasteiger partial charge in [-0.3, -0.25) is 4.79 Å². The monoisotopic (exact) mass is 279 g/mol. The Balaban J connectivity index is 2.18. The zero-order valence-electron chi connectivity index (χ0n) is 12.1. The molecule has 1 amide bonds. The molecular formula is C15H21NO4. The summed E-state index contributed by atoms with van der Waals surface area (Å²) in [6.45, 7) is 7.40. The minimum atomic E-state index is 0.0114. The molecule has 0 unspecified atom stereocenters. The van der Waals surface area contributed by atoms with Gasteiger partial charge in [0, 0.05) is 18.7 Å². The lowest BCUT2D eigenvalue weighted by molar-refractivity contribution is 0.0302. The molecule has 0 aromatic heterocycles. The fraction of sp³-hybridized carbons (Fsp3) is 0.533. The van der Waals surface area contributed by atoms with Crippen LogP contribution in [0.5, 0.6) is 11.5 Å². The normalized spacial score (nSPS) is 15.0. The third-order valence-electron chi connectivity index (χ3n) is 3.09. The second kappa shape index (κ2) is 7.14. The van der Waals surface area contributed by atoms with Crippen molar-refractivity contribution in [2.45, 2.75) is 13.8 Å². The summed E-state index contributed by atoms with van der Waals surface area (Å²) in [4.78, 5) is 14.2. The highest BCUT2D eigenvalue weighted by molar-refractivity contribution is 5.95. The SMILES string of the molecule is CCOc1ccc(C(=O)N2CCOCC2)cc1OCC. The molecule has 1 aliphatic heterocycles. The van der Waals surface area contributed by atoms with Crippen LogP contribution >= 0.6 is 0 Å². The minimum Gasteiger partial charge on any atom is -0.490 e. The Bertz CT molecular complexity index is 455. The van der Waals surface area contributed by atoms with E-state index in [4.69, 9.17) is 14.2 Å². The van der Waals surface area contributed by atoms with Gasteiger partial charge < -0.3 is 19.1 Å². The van der Waals surface area contributed by atoms with E-state index in [0.29, 0.717) is 56.6 Å². The van der Waals surface area contributed by atoms with Crippen LogP contribution < -0.4 is 9.47 Å². The average Bonchev–Trinajstić information content (AvgIpc) is 2.50. The van der Waals surface area contributed by atoms with Crippen molar-refractivity contribution in [3.63, 3.8) is 0 Å². The topological polar surface area (TPSA) is 48.0 Å². The number of nitrogens with zero attached hydrogens (tertiary/aromatic N) is 1. The van der Waals surface area contributed by atoms with E-state index in [0.717, 1.165) is 0 Å². The number of ether oxygens (including phenoxy) is 3. The van der Waals surface area contributed by atoms with Gasteiger partial charge >= 0.3 is 0 Å². The zero-order chi connectivity index (χ0) is 14.4. The van der Waals surface area contributed by atoms with Gasteiger partial charge in [-0.1, -0.05) is 0 Å². The van der Waals surface area contributed by atoms with Gasteiger partial charge in [-0.25, -0.2) is 0 Å². The highest BCUT2D eigenvalue weighted by Crippen LogP contribution is 2.29. The number of benzene rings is 1. The zero-order valence-corrected chi connectivity index (χ0v) is 12.1. The smallest absolute Gasteiger partial charge is 0.254 e. The number of morpholine rings is 1. The molecule has 0 saturated carbocycles. The lowest BCUT2D eigenvalue weighted by atomic mass is 10.1. The largest absolute Gasteiger partial charge is 0.490 e. The van der Waals surface area contributed by atoms with Gasteiger partial charge in [0.2, 0.25) is 0 Å². The van der Waals surface area contributed by atoms with Gasteiger partial charge in [0.15, 0.2) is 11.5 Å². The lowest BCUT2D eigenvalue weighted by Crippen LogP contribution is -2.40. The molecule has 1 saturated heterocycles. The molecule has 2 rings (SSSR count). The van der Waals surface area contributed by atoms with E-state index < -0.39 is 0 Å². The van der Waals surface area contributed by atoms with Crippen LogP contribution in [0.15, 0.2) is 18.2 Å². The van der Waals surface area contributed by atoms with Gasteiger partial charge in [0.05, 0.1) is 26.4 Å². The van der Waals surface area contributed by atoms with Crippen LogP contribution in [0.25, 0.3) is 0 Å². The van der Waals surface area contributed by atoms with Crippen LogP contribution in [0.4, 0.5) is 0 Å². The standard InChI is InChI=1S/C15H21NO4/c1-3-19-13-6-5-12(11-14(13)20-4-2)15(17)16-7-9-18-10-8-16/h5-6,11H,3-4,7-10H2,1-2H3. The quantitative estimate of drug-likeness (QED) is 0.826.